The van der Waals surface area contributed by atoms with Crippen LogP contribution in [0.3, 0.4) is 0 Å². The van der Waals surface area contributed by atoms with E-state index in [0.29, 0.717) is 12.8 Å². The molecule has 1 heterocycles. The molecule has 5 nitrogen and oxygen atoms in total. The molecular weight excluding hydrogens is 227 g/mol. The summed E-state index contributed by atoms with van der Waals surface area (Å²) in [6, 6.07) is 1.37. The number of nitrogens with one attached hydrogen (secondary N) is 1. The molecule has 0 aliphatic rings. The van der Waals surface area contributed by atoms with E-state index >= 15 is 0 Å². The van der Waals surface area contributed by atoms with E-state index in [0.717, 1.165) is 12.3 Å². The number of carboxylic acids is 1. The Morgan fingerprint density at radius 3 is 2.71 bits per heavy atom. The van der Waals surface area contributed by atoms with Crippen LogP contribution in [0.25, 0.3) is 0 Å². The lowest BCUT2D eigenvalue weighted by Crippen LogP contribution is -2.40. The van der Waals surface area contributed by atoms with E-state index < -0.39 is 23.9 Å². The molecule has 0 fully saturated rings. The summed E-state index contributed by atoms with van der Waals surface area (Å²) in [6.07, 6.45) is 2.05. The lowest BCUT2D eigenvalue weighted by Gasteiger charge is -2.13. The molecule has 6 heteroatoms. The van der Waals surface area contributed by atoms with Gasteiger partial charge in [-0.25, -0.2) is 9.78 Å². The zero-order valence-electron chi connectivity index (χ0n) is 9.31. The molecule has 0 spiro atoms. The fourth-order valence-corrected chi connectivity index (χ4v) is 1.30. The lowest BCUT2D eigenvalue weighted by molar-refractivity contribution is -0.139. The number of nitrogens with zero attached hydrogens (tertiary/aromatic N) is 1. The Morgan fingerprint density at radius 1 is 1.53 bits per heavy atom. The van der Waals surface area contributed by atoms with Gasteiger partial charge in [0, 0.05) is 6.20 Å². The number of halogens is 1. The standard InChI is InChI=1S/C11H13FN2O3/c1-2-3-8(11(16)17)14-10(15)7-4-5-9(12)13-6-7/h4-6,8H,2-3H2,1H3,(H,14,15)(H,16,17)/t8-/m0/s1. The summed E-state index contributed by atoms with van der Waals surface area (Å²) in [4.78, 5) is 25.8. The minimum atomic E-state index is -1.09. The third kappa shape index (κ3) is 3.82. The Labute approximate surface area is 97.7 Å². The summed E-state index contributed by atoms with van der Waals surface area (Å²) >= 11 is 0. The molecule has 1 aromatic heterocycles. The van der Waals surface area contributed by atoms with E-state index in [2.05, 4.69) is 10.3 Å². The van der Waals surface area contributed by atoms with Crippen molar-refractivity contribution in [2.75, 3.05) is 0 Å². The summed E-state index contributed by atoms with van der Waals surface area (Å²) < 4.78 is 12.5. The molecule has 0 bridgehead atoms. The smallest absolute Gasteiger partial charge is 0.326 e. The van der Waals surface area contributed by atoms with Crippen LogP contribution in [0.1, 0.15) is 30.1 Å². The predicted octanol–water partition coefficient (Wildman–Crippen LogP) is 1.20. The number of carboxylic acid groups (broad SMARTS) is 1. The van der Waals surface area contributed by atoms with Crippen molar-refractivity contribution >= 4 is 11.9 Å². The Bertz CT molecular complexity index is 406. The topological polar surface area (TPSA) is 79.3 Å². The van der Waals surface area contributed by atoms with Gasteiger partial charge >= 0.3 is 5.97 Å². The second kappa shape index (κ2) is 5.93. The molecule has 1 rings (SSSR count). The first-order valence-electron chi connectivity index (χ1n) is 5.19. The highest BCUT2D eigenvalue weighted by Crippen LogP contribution is 2.02. The normalized spacial score (nSPS) is 11.9. The average molecular weight is 240 g/mol. The fourth-order valence-electron chi connectivity index (χ4n) is 1.30. The molecule has 0 aliphatic heterocycles. The van der Waals surface area contributed by atoms with Crippen LogP contribution in [0.4, 0.5) is 4.39 Å². The maximum absolute atomic E-state index is 12.5. The minimum absolute atomic E-state index is 0.133. The lowest BCUT2D eigenvalue weighted by atomic mass is 10.1. The van der Waals surface area contributed by atoms with Crippen molar-refractivity contribution in [3.05, 3.63) is 29.8 Å². The number of pyridine rings is 1. The van der Waals surface area contributed by atoms with Crippen LogP contribution in [0.15, 0.2) is 18.3 Å². The highest BCUT2D eigenvalue weighted by Gasteiger charge is 2.19. The van der Waals surface area contributed by atoms with Gasteiger partial charge in [-0.05, 0) is 18.6 Å². The van der Waals surface area contributed by atoms with Gasteiger partial charge in [-0.2, -0.15) is 4.39 Å². The van der Waals surface area contributed by atoms with E-state index in [1.165, 1.54) is 6.07 Å². The highest BCUT2D eigenvalue weighted by molar-refractivity contribution is 5.96. The average Bonchev–Trinajstić information content (AvgIpc) is 2.29. The summed E-state index contributed by atoms with van der Waals surface area (Å²) in [5.74, 6) is -2.35. The molecule has 2 N–H and O–H groups in total. The van der Waals surface area contributed by atoms with Crippen molar-refractivity contribution in [3.63, 3.8) is 0 Å². The molecular formula is C11H13FN2O3. The molecule has 0 saturated heterocycles. The number of carbonyl (C=O) groups is 2. The van der Waals surface area contributed by atoms with Gasteiger partial charge < -0.3 is 10.4 Å². The van der Waals surface area contributed by atoms with Gasteiger partial charge in [0.15, 0.2) is 0 Å². The first kappa shape index (κ1) is 13.1. The molecule has 92 valence electrons. The van der Waals surface area contributed by atoms with Gasteiger partial charge in [-0.15, -0.1) is 0 Å². The Kier molecular flexibility index (Phi) is 4.56. The van der Waals surface area contributed by atoms with Crippen LogP contribution < -0.4 is 5.32 Å². The van der Waals surface area contributed by atoms with Gasteiger partial charge in [0.05, 0.1) is 5.56 Å². The van der Waals surface area contributed by atoms with Crippen molar-refractivity contribution in [2.45, 2.75) is 25.8 Å². The summed E-state index contributed by atoms with van der Waals surface area (Å²) in [7, 11) is 0. The van der Waals surface area contributed by atoms with E-state index in [-0.39, 0.29) is 5.56 Å². The molecule has 17 heavy (non-hydrogen) atoms. The van der Waals surface area contributed by atoms with E-state index in [9.17, 15) is 14.0 Å². The molecule has 0 radical (unpaired) electrons. The van der Waals surface area contributed by atoms with Crippen molar-refractivity contribution in [2.24, 2.45) is 0 Å². The zero-order chi connectivity index (χ0) is 12.8. The quantitative estimate of drug-likeness (QED) is 0.758. The first-order chi connectivity index (χ1) is 8.04. The van der Waals surface area contributed by atoms with Crippen LogP contribution in [-0.4, -0.2) is 28.0 Å². The Balaban J connectivity index is 2.70. The fraction of sp³-hybridized carbons (Fsp3) is 0.364. The molecule has 0 saturated carbocycles. The van der Waals surface area contributed by atoms with Crippen LogP contribution >= 0.6 is 0 Å². The van der Waals surface area contributed by atoms with Crippen molar-refractivity contribution in [1.82, 2.24) is 10.3 Å². The molecule has 0 unspecified atom stereocenters. The summed E-state index contributed by atoms with van der Waals surface area (Å²) in [6.45, 7) is 1.82. The van der Waals surface area contributed by atoms with Gasteiger partial charge in [0.1, 0.15) is 6.04 Å². The zero-order valence-corrected chi connectivity index (χ0v) is 9.31. The van der Waals surface area contributed by atoms with Crippen LogP contribution in [-0.2, 0) is 4.79 Å². The number of aliphatic carboxylic acids is 1. The molecule has 1 aromatic rings. The molecule has 0 aromatic carbocycles. The number of carbonyl (C=O) groups excluding carboxylic acids is 1. The summed E-state index contributed by atoms with van der Waals surface area (Å²) in [5, 5.41) is 11.2. The molecule has 1 amide bonds. The Hall–Kier alpha value is -1.98. The largest absolute Gasteiger partial charge is 0.480 e. The van der Waals surface area contributed by atoms with Crippen LogP contribution in [0.5, 0.6) is 0 Å². The SMILES string of the molecule is CCC[C@H](NC(=O)c1ccc(F)nc1)C(=O)O. The van der Waals surface area contributed by atoms with Gasteiger partial charge in [-0.1, -0.05) is 13.3 Å². The number of aromatic nitrogens is 1. The molecule has 1 atom stereocenters. The number of amides is 1. The predicted molar refractivity (Wildman–Crippen MR) is 58.0 cm³/mol. The molecule has 0 aliphatic carbocycles. The second-order valence-corrected chi connectivity index (χ2v) is 3.52. The first-order valence-corrected chi connectivity index (χ1v) is 5.19. The van der Waals surface area contributed by atoms with Crippen molar-refractivity contribution in [3.8, 4) is 0 Å². The van der Waals surface area contributed by atoms with E-state index in [1.54, 1.807) is 0 Å². The van der Waals surface area contributed by atoms with Crippen molar-refractivity contribution in [1.29, 1.82) is 0 Å². The maximum atomic E-state index is 12.5. The third-order valence-corrected chi connectivity index (χ3v) is 2.17. The van der Waals surface area contributed by atoms with Crippen LogP contribution in [0.2, 0.25) is 0 Å². The number of hydrogen-bond donors (Lipinski definition) is 2. The van der Waals surface area contributed by atoms with Gasteiger partial charge in [0.25, 0.3) is 5.91 Å². The van der Waals surface area contributed by atoms with E-state index in [4.69, 9.17) is 5.11 Å². The van der Waals surface area contributed by atoms with Gasteiger partial charge in [-0.3, -0.25) is 4.79 Å². The second-order valence-electron chi connectivity index (χ2n) is 3.52. The maximum Gasteiger partial charge on any atom is 0.326 e. The van der Waals surface area contributed by atoms with Crippen LogP contribution in [0, 0.1) is 5.95 Å². The van der Waals surface area contributed by atoms with Gasteiger partial charge in [0.2, 0.25) is 5.95 Å². The third-order valence-electron chi connectivity index (χ3n) is 2.17. The monoisotopic (exact) mass is 240 g/mol. The Morgan fingerprint density at radius 2 is 2.24 bits per heavy atom. The number of rotatable bonds is 5. The van der Waals surface area contributed by atoms with Crippen molar-refractivity contribution < 1.29 is 19.1 Å². The van der Waals surface area contributed by atoms with E-state index in [1.807, 2.05) is 6.92 Å². The highest BCUT2D eigenvalue weighted by atomic mass is 19.1. The number of hydrogen-bond acceptors (Lipinski definition) is 3. The summed E-state index contributed by atoms with van der Waals surface area (Å²) in [5.41, 5.74) is 0.133. The minimum Gasteiger partial charge on any atom is -0.480 e.